The normalized spacial score (nSPS) is 17.5. The van der Waals surface area contributed by atoms with E-state index in [0.717, 1.165) is 23.4 Å². The summed E-state index contributed by atoms with van der Waals surface area (Å²) in [6.45, 7) is 6.16. The van der Waals surface area contributed by atoms with Crippen molar-refractivity contribution in [3.8, 4) is 11.5 Å². The van der Waals surface area contributed by atoms with Crippen LogP contribution in [0.25, 0.3) is 5.57 Å². The number of allylic oxidation sites excluding steroid dienone is 1. The predicted molar refractivity (Wildman–Crippen MR) is 148 cm³/mol. The number of fused-ring (bicyclic) bond motifs is 2. The zero-order valence-electron chi connectivity index (χ0n) is 22.4. The fourth-order valence-electron chi connectivity index (χ4n) is 5.13. The van der Waals surface area contributed by atoms with E-state index in [-0.39, 0.29) is 22.6 Å². The van der Waals surface area contributed by atoms with Crippen LogP contribution in [-0.4, -0.2) is 43.8 Å². The van der Waals surface area contributed by atoms with Gasteiger partial charge in [-0.1, -0.05) is 42.5 Å². The van der Waals surface area contributed by atoms with Crippen molar-refractivity contribution in [2.45, 2.75) is 33.2 Å². The zero-order valence-corrected chi connectivity index (χ0v) is 23.3. The molecule has 3 aromatic rings. The number of amides is 1. The van der Waals surface area contributed by atoms with E-state index in [1.54, 1.807) is 36.9 Å². The average molecular weight is 548 g/mol. The minimum absolute atomic E-state index is 0.168. The molecule has 0 bridgehead atoms. The molecule has 2 aromatic carbocycles. The number of nitrogens with zero attached hydrogens (tertiary/aromatic N) is 3. The summed E-state index contributed by atoms with van der Waals surface area (Å²) in [4.78, 5) is 47.8. The molecule has 0 spiro atoms. The van der Waals surface area contributed by atoms with Crippen molar-refractivity contribution in [3.05, 3.63) is 84.5 Å². The number of ether oxygens (including phenoxy) is 3. The fourth-order valence-corrected chi connectivity index (χ4v) is 6.26. The maximum absolute atomic E-state index is 14.2. The second-order valence-electron chi connectivity index (χ2n) is 9.09. The largest absolute Gasteiger partial charge is 0.493 e. The van der Waals surface area contributed by atoms with Gasteiger partial charge in [-0.2, -0.15) is 0 Å². The minimum atomic E-state index is -0.840. The number of carbonyl (C=O) groups excluding carboxylic acids is 2. The van der Waals surface area contributed by atoms with E-state index in [1.165, 1.54) is 18.8 Å². The summed E-state index contributed by atoms with van der Waals surface area (Å²) in [6, 6.07) is 11.9. The van der Waals surface area contributed by atoms with Crippen molar-refractivity contribution in [1.29, 1.82) is 0 Å². The van der Waals surface area contributed by atoms with Gasteiger partial charge in [0.25, 0.3) is 11.5 Å². The molecule has 1 aromatic heterocycles. The van der Waals surface area contributed by atoms with Gasteiger partial charge in [0.15, 0.2) is 16.3 Å². The number of thiazole rings is 1. The van der Waals surface area contributed by atoms with Gasteiger partial charge < -0.3 is 19.1 Å². The van der Waals surface area contributed by atoms with Crippen molar-refractivity contribution in [3.63, 3.8) is 0 Å². The lowest BCUT2D eigenvalue weighted by atomic mass is 9.95. The van der Waals surface area contributed by atoms with Crippen molar-refractivity contribution in [2.24, 2.45) is 4.99 Å². The fraction of sp³-hybridized carbons (Fsp3) is 0.310. The third-order valence-electron chi connectivity index (χ3n) is 6.81. The Hall–Kier alpha value is -4.18. The number of para-hydroxylation sites is 1. The zero-order chi connectivity index (χ0) is 27.8. The van der Waals surface area contributed by atoms with Gasteiger partial charge in [0.2, 0.25) is 0 Å². The van der Waals surface area contributed by atoms with E-state index < -0.39 is 17.6 Å². The number of aromatic nitrogens is 1. The van der Waals surface area contributed by atoms with E-state index >= 15 is 0 Å². The van der Waals surface area contributed by atoms with Gasteiger partial charge in [0.05, 0.1) is 49.4 Å². The molecular weight excluding hydrogens is 518 g/mol. The number of rotatable bonds is 7. The first kappa shape index (κ1) is 26.4. The number of benzene rings is 2. The number of carbonyl (C=O) groups is 2. The van der Waals surface area contributed by atoms with Crippen molar-refractivity contribution in [2.75, 3.05) is 32.3 Å². The Kier molecular flexibility index (Phi) is 7.14. The van der Waals surface area contributed by atoms with Gasteiger partial charge in [-0.05, 0) is 44.0 Å². The first-order chi connectivity index (χ1) is 18.9. The van der Waals surface area contributed by atoms with Crippen LogP contribution < -0.4 is 29.3 Å². The molecule has 9 nitrogen and oxygen atoms in total. The van der Waals surface area contributed by atoms with Gasteiger partial charge in [-0.3, -0.25) is 14.2 Å². The molecule has 5 rings (SSSR count). The molecule has 0 fully saturated rings. The number of methoxy groups -OCH3 is 2. The highest BCUT2D eigenvalue weighted by Crippen LogP contribution is 2.37. The molecule has 0 radical (unpaired) electrons. The summed E-state index contributed by atoms with van der Waals surface area (Å²) in [5, 5.41) is 0. The molecule has 0 aliphatic carbocycles. The smallest absolute Gasteiger partial charge is 0.338 e. The summed E-state index contributed by atoms with van der Waals surface area (Å²) in [5.41, 5.74) is 2.76. The second kappa shape index (κ2) is 10.5. The molecule has 1 amide bonds. The maximum atomic E-state index is 14.2. The highest BCUT2D eigenvalue weighted by atomic mass is 32.1. The number of anilines is 1. The van der Waals surface area contributed by atoms with Crippen LogP contribution >= 0.6 is 11.3 Å². The molecule has 0 N–H and O–H groups in total. The molecule has 10 heteroatoms. The highest BCUT2D eigenvalue weighted by molar-refractivity contribution is 7.07. The van der Waals surface area contributed by atoms with Gasteiger partial charge in [0.1, 0.15) is 4.53 Å². The van der Waals surface area contributed by atoms with Crippen LogP contribution in [-0.2, 0) is 14.3 Å². The van der Waals surface area contributed by atoms with Crippen LogP contribution in [0.1, 0.15) is 44.4 Å². The summed E-state index contributed by atoms with van der Waals surface area (Å²) in [5.74, 6) is 0.187. The highest BCUT2D eigenvalue weighted by Gasteiger charge is 2.37. The third kappa shape index (κ3) is 4.24. The lowest BCUT2D eigenvalue weighted by Crippen LogP contribution is -2.41. The molecule has 2 aliphatic rings. The van der Waals surface area contributed by atoms with E-state index in [4.69, 9.17) is 14.2 Å². The van der Waals surface area contributed by atoms with E-state index in [2.05, 4.69) is 4.99 Å². The standard InChI is InChI=1S/C29H29N3O6S/c1-6-14-31-19-11-9-8-10-18(19)23(26(31)33)25-27(34)32-24(17-12-13-20(36-4)21(15-17)37-5)22(28(35)38-7-2)16(3)30-29(32)39-25/h8-13,15,24H,6-7,14H2,1-5H3/b25-23-. The van der Waals surface area contributed by atoms with Crippen molar-refractivity contribution < 1.29 is 23.8 Å². The van der Waals surface area contributed by atoms with Crippen LogP contribution in [0.3, 0.4) is 0 Å². The van der Waals surface area contributed by atoms with Gasteiger partial charge in [0, 0.05) is 12.1 Å². The summed E-state index contributed by atoms with van der Waals surface area (Å²) >= 11 is 1.15. The van der Waals surface area contributed by atoms with Crippen LogP contribution in [0.5, 0.6) is 11.5 Å². The van der Waals surface area contributed by atoms with Crippen LogP contribution in [0, 0.1) is 0 Å². The second-order valence-corrected chi connectivity index (χ2v) is 10.1. The molecule has 202 valence electrons. The minimum Gasteiger partial charge on any atom is -0.493 e. The van der Waals surface area contributed by atoms with Crippen molar-refractivity contribution in [1.82, 2.24) is 4.57 Å². The van der Waals surface area contributed by atoms with Gasteiger partial charge >= 0.3 is 5.97 Å². The van der Waals surface area contributed by atoms with Gasteiger partial charge in [-0.25, -0.2) is 9.79 Å². The van der Waals surface area contributed by atoms with Crippen molar-refractivity contribution >= 4 is 34.5 Å². The monoisotopic (exact) mass is 547 g/mol. The topological polar surface area (TPSA) is 99.4 Å². The number of esters is 1. The Labute approximate surface area is 229 Å². The summed E-state index contributed by atoms with van der Waals surface area (Å²) in [6.07, 6.45) is 0.774. The molecule has 1 atom stereocenters. The van der Waals surface area contributed by atoms with Crippen LogP contribution in [0.2, 0.25) is 0 Å². The molecule has 0 saturated carbocycles. The Morgan fingerprint density at radius 2 is 1.79 bits per heavy atom. The Bertz CT molecular complexity index is 1700. The van der Waals surface area contributed by atoms with E-state index in [9.17, 15) is 14.4 Å². The lowest BCUT2D eigenvalue weighted by Gasteiger charge is -2.25. The van der Waals surface area contributed by atoms with Gasteiger partial charge in [-0.15, -0.1) is 0 Å². The first-order valence-corrected chi connectivity index (χ1v) is 13.5. The van der Waals surface area contributed by atoms with E-state index in [0.29, 0.717) is 45.2 Å². The van der Waals surface area contributed by atoms with Crippen LogP contribution in [0.15, 0.2) is 63.5 Å². The molecule has 39 heavy (non-hydrogen) atoms. The third-order valence-corrected chi connectivity index (χ3v) is 7.87. The molecule has 1 unspecified atom stereocenters. The summed E-state index contributed by atoms with van der Waals surface area (Å²) < 4.78 is 18.0. The summed E-state index contributed by atoms with van der Waals surface area (Å²) in [7, 11) is 3.06. The van der Waals surface area contributed by atoms with Crippen LogP contribution in [0.4, 0.5) is 5.69 Å². The predicted octanol–water partition coefficient (Wildman–Crippen LogP) is 2.94. The van der Waals surface area contributed by atoms with E-state index in [1.807, 2.05) is 31.2 Å². The Morgan fingerprint density at radius 1 is 1.05 bits per heavy atom. The molecule has 3 heterocycles. The quantitative estimate of drug-likeness (QED) is 0.422. The molecular formula is C29H29N3O6S. The maximum Gasteiger partial charge on any atom is 0.338 e. The lowest BCUT2D eigenvalue weighted by molar-refractivity contribution is -0.139. The first-order valence-electron chi connectivity index (χ1n) is 12.7. The molecule has 2 aliphatic heterocycles. The molecule has 0 saturated heterocycles. The Balaban J connectivity index is 1.81. The average Bonchev–Trinajstić information content (AvgIpc) is 3.40. The SMILES string of the molecule is CCCN1C(=O)/C(=c2\sc3n(c2=O)C(c2ccc(OC)c(OC)c2)C(C(=O)OCC)=C(C)N=3)c2ccccc21. The number of hydrogen-bond acceptors (Lipinski definition) is 8. The Morgan fingerprint density at radius 3 is 2.49 bits per heavy atom. The number of hydrogen-bond donors (Lipinski definition) is 0.